The lowest BCUT2D eigenvalue weighted by Gasteiger charge is -2.54. The van der Waals surface area contributed by atoms with Gasteiger partial charge in [-0.2, -0.15) is 5.10 Å². The zero-order valence-electron chi connectivity index (χ0n) is 20.1. The van der Waals surface area contributed by atoms with Crippen molar-refractivity contribution in [1.29, 1.82) is 0 Å². The number of nitrogens with one attached hydrogen (secondary N) is 1. The van der Waals surface area contributed by atoms with Crippen LogP contribution < -0.4 is 5.32 Å². The van der Waals surface area contributed by atoms with Gasteiger partial charge in [0.25, 0.3) is 5.91 Å². The summed E-state index contributed by atoms with van der Waals surface area (Å²) in [5, 5.41) is 8.46. The maximum atomic E-state index is 13.8. The average molecular weight is 454 g/mol. The van der Waals surface area contributed by atoms with E-state index in [9.17, 15) is 9.59 Å². The van der Waals surface area contributed by atoms with Crippen molar-refractivity contribution in [2.75, 3.05) is 6.61 Å². The number of hydrogen-bond donors (Lipinski definition) is 1. The molecule has 0 aromatic carbocycles. The number of ether oxygens (including phenoxy) is 1. The molecular formula is C27H39N3O3. The summed E-state index contributed by atoms with van der Waals surface area (Å²) in [7, 11) is 0. The summed E-state index contributed by atoms with van der Waals surface area (Å²) >= 11 is 0. The number of amides is 1. The van der Waals surface area contributed by atoms with Crippen LogP contribution in [-0.4, -0.2) is 34.3 Å². The molecule has 1 unspecified atom stereocenters. The van der Waals surface area contributed by atoms with Crippen molar-refractivity contribution in [3.63, 3.8) is 0 Å². The monoisotopic (exact) mass is 453 g/mol. The van der Waals surface area contributed by atoms with Gasteiger partial charge in [-0.3, -0.25) is 14.3 Å². The Hall–Kier alpha value is -1.85. The van der Waals surface area contributed by atoms with Gasteiger partial charge in [-0.25, -0.2) is 0 Å². The molecule has 5 saturated carbocycles. The first-order valence-corrected chi connectivity index (χ1v) is 13.7. The Kier molecular flexibility index (Phi) is 5.74. The maximum absolute atomic E-state index is 13.8. The van der Waals surface area contributed by atoms with Gasteiger partial charge in [0.1, 0.15) is 0 Å². The lowest BCUT2D eigenvalue weighted by molar-refractivity contribution is -0.145. The molecule has 6 aliphatic rings. The van der Waals surface area contributed by atoms with E-state index in [1.807, 2.05) is 6.92 Å². The molecule has 0 saturated heterocycles. The molecule has 1 atom stereocenters. The zero-order valence-corrected chi connectivity index (χ0v) is 20.1. The first kappa shape index (κ1) is 21.7. The van der Waals surface area contributed by atoms with Crippen molar-refractivity contribution in [1.82, 2.24) is 15.1 Å². The van der Waals surface area contributed by atoms with Crippen LogP contribution in [0.15, 0.2) is 0 Å². The molecule has 7 rings (SSSR count). The molecule has 1 N–H and O–H groups in total. The summed E-state index contributed by atoms with van der Waals surface area (Å²) in [6, 6.07) is 0.640. The third-order valence-corrected chi connectivity index (χ3v) is 9.54. The fraction of sp³-hybridized carbons (Fsp3) is 0.815. The molecule has 4 bridgehead atoms. The highest BCUT2D eigenvalue weighted by atomic mass is 16.5. The Morgan fingerprint density at radius 3 is 2.33 bits per heavy atom. The van der Waals surface area contributed by atoms with Gasteiger partial charge in [0.15, 0.2) is 5.69 Å². The third kappa shape index (κ3) is 3.81. The summed E-state index contributed by atoms with van der Waals surface area (Å²) in [4.78, 5) is 26.7. The Morgan fingerprint density at radius 1 is 0.970 bits per heavy atom. The Labute approximate surface area is 197 Å². The van der Waals surface area contributed by atoms with E-state index in [1.165, 1.54) is 51.4 Å². The highest BCUT2D eigenvalue weighted by molar-refractivity contribution is 5.96. The fourth-order valence-corrected chi connectivity index (χ4v) is 8.37. The third-order valence-electron chi connectivity index (χ3n) is 9.54. The number of esters is 1. The Balaban J connectivity index is 1.32. The van der Waals surface area contributed by atoms with Gasteiger partial charge in [0, 0.05) is 17.3 Å². The van der Waals surface area contributed by atoms with Crippen molar-refractivity contribution >= 4 is 11.9 Å². The predicted molar refractivity (Wildman–Crippen MR) is 125 cm³/mol. The van der Waals surface area contributed by atoms with Crippen LogP contribution in [0.3, 0.4) is 0 Å². The van der Waals surface area contributed by atoms with Gasteiger partial charge >= 0.3 is 5.97 Å². The number of carbonyl (C=O) groups excluding carboxylic acids is 2. The minimum atomic E-state index is -0.356. The zero-order chi connectivity index (χ0) is 22.5. The van der Waals surface area contributed by atoms with Gasteiger partial charge in [-0.15, -0.1) is 0 Å². The summed E-state index contributed by atoms with van der Waals surface area (Å²) in [6.07, 6.45) is 15.1. The van der Waals surface area contributed by atoms with E-state index >= 15 is 0 Å². The van der Waals surface area contributed by atoms with Crippen molar-refractivity contribution in [3.05, 3.63) is 17.0 Å². The molecule has 6 nitrogen and oxygen atoms in total. The van der Waals surface area contributed by atoms with Crippen LogP contribution >= 0.6 is 0 Å². The first-order chi connectivity index (χ1) is 16.1. The lowest BCUT2D eigenvalue weighted by Crippen LogP contribution is -2.56. The molecule has 6 heteroatoms. The largest absolute Gasteiger partial charge is 0.466 e. The molecule has 180 valence electrons. The molecule has 0 spiro atoms. The molecule has 0 radical (unpaired) electrons. The van der Waals surface area contributed by atoms with Crippen molar-refractivity contribution in [3.8, 4) is 0 Å². The van der Waals surface area contributed by atoms with E-state index < -0.39 is 0 Å². The number of nitrogens with zero attached hydrogens (tertiary/aromatic N) is 2. The number of carbonyl (C=O) groups is 2. The van der Waals surface area contributed by atoms with E-state index in [4.69, 9.17) is 9.84 Å². The summed E-state index contributed by atoms with van der Waals surface area (Å²) < 4.78 is 7.61. The van der Waals surface area contributed by atoms with Crippen LogP contribution in [0.5, 0.6) is 0 Å². The molecule has 1 heterocycles. The smallest absolute Gasteiger partial charge is 0.313 e. The van der Waals surface area contributed by atoms with E-state index in [0.717, 1.165) is 55.2 Å². The average Bonchev–Trinajstić information content (AvgIpc) is 3.21. The minimum absolute atomic E-state index is 0.0468. The number of aromatic nitrogens is 2. The summed E-state index contributed by atoms with van der Waals surface area (Å²) in [5.41, 5.74) is 2.52. The van der Waals surface area contributed by atoms with Crippen LogP contribution in [-0.2, 0) is 16.0 Å². The van der Waals surface area contributed by atoms with Crippen LogP contribution in [0.25, 0.3) is 0 Å². The topological polar surface area (TPSA) is 73.2 Å². The quantitative estimate of drug-likeness (QED) is 0.642. The Morgan fingerprint density at radius 2 is 1.67 bits per heavy atom. The standard InChI is InChI=1S/C27H39N3O3/c1-2-33-27(32)21-9-6-10-22-23(21)25(29-30(22)20-7-4-3-5-8-20)26(31)28-24-18-12-16-11-17(14-18)15-19(24)13-16/h16-21,24H,2-15H2,1H3,(H,28,31). The Bertz CT molecular complexity index is 888. The molecule has 0 aliphatic heterocycles. The summed E-state index contributed by atoms with van der Waals surface area (Å²) in [6.45, 7) is 2.23. The van der Waals surface area contributed by atoms with Gasteiger partial charge in [-0.1, -0.05) is 19.3 Å². The highest BCUT2D eigenvalue weighted by Crippen LogP contribution is 2.53. The van der Waals surface area contributed by atoms with E-state index in [1.54, 1.807) is 0 Å². The molecule has 6 aliphatic carbocycles. The van der Waals surface area contributed by atoms with Crippen molar-refractivity contribution < 1.29 is 14.3 Å². The number of fused-ring (bicyclic) bond motifs is 1. The van der Waals surface area contributed by atoms with Gasteiger partial charge in [-0.05, 0) is 94.8 Å². The number of rotatable bonds is 5. The van der Waals surface area contributed by atoms with Crippen LogP contribution in [0, 0.1) is 23.7 Å². The second kappa shape index (κ2) is 8.74. The van der Waals surface area contributed by atoms with E-state index in [-0.39, 0.29) is 23.8 Å². The fourth-order valence-electron chi connectivity index (χ4n) is 8.37. The second-order valence-electron chi connectivity index (χ2n) is 11.6. The molecule has 1 aromatic rings. The lowest BCUT2D eigenvalue weighted by atomic mass is 9.54. The number of hydrogen-bond acceptors (Lipinski definition) is 4. The van der Waals surface area contributed by atoms with Gasteiger partial charge < -0.3 is 10.1 Å². The first-order valence-electron chi connectivity index (χ1n) is 13.7. The molecular weight excluding hydrogens is 414 g/mol. The second-order valence-corrected chi connectivity index (χ2v) is 11.6. The van der Waals surface area contributed by atoms with Gasteiger partial charge in [0.2, 0.25) is 0 Å². The molecule has 5 fully saturated rings. The van der Waals surface area contributed by atoms with E-state index in [2.05, 4.69) is 10.00 Å². The minimum Gasteiger partial charge on any atom is -0.466 e. The molecule has 1 aromatic heterocycles. The SMILES string of the molecule is CCOC(=O)C1CCCc2c1c(C(=O)NC1C3CC4CC(C3)CC1C4)nn2C1CCCCC1. The van der Waals surface area contributed by atoms with Crippen LogP contribution in [0.4, 0.5) is 0 Å². The normalized spacial score (nSPS) is 35.3. The van der Waals surface area contributed by atoms with Gasteiger partial charge in [0.05, 0.1) is 18.6 Å². The molecule has 33 heavy (non-hydrogen) atoms. The van der Waals surface area contributed by atoms with Crippen LogP contribution in [0.2, 0.25) is 0 Å². The summed E-state index contributed by atoms with van der Waals surface area (Å²) in [5.74, 6) is 2.42. The van der Waals surface area contributed by atoms with Crippen LogP contribution in [0.1, 0.15) is 118 Å². The van der Waals surface area contributed by atoms with E-state index in [0.29, 0.717) is 30.2 Å². The molecule has 1 amide bonds. The van der Waals surface area contributed by atoms with Crippen molar-refractivity contribution in [2.24, 2.45) is 23.7 Å². The van der Waals surface area contributed by atoms with Crippen molar-refractivity contribution in [2.45, 2.75) is 108 Å². The maximum Gasteiger partial charge on any atom is 0.313 e. The highest BCUT2D eigenvalue weighted by Gasteiger charge is 2.49. The predicted octanol–water partition coefficient (Wildman–Crippen LogP) is 4.93.